The zero-order valence-electron chi connectivity index (χ0n) is 9.96. The topological polar surface area (TPSA) is 40.5 Å². The Hall–Kier alpha value is -0.410. The number of carbonyl (C=O) groups excluding carboxylic acids is 1. The maximum Gasteiger partial charge on any atom is 0.129 e. The van der Waals surface area contributed by atoms with Crippen LogP contribution in [-0.4, -0.2) is 41.0 Å². The summed E-state index contributed by atoms with van der Waals surface area (Å²) >= 11 is 0. The minimum Gasteiger partial charge on any atom is -0.390 e. The molecule has 1 N–H and O–H groups in total. The third-order valence-electron chi connectivity index (χ3n) is 3.19. The quantitative estimate of drug-likeness (QED) is 0.705. The first-order valence-electron chi connectivity index (χ1n) is 5.94. The second-order valence-electron chi connectivity index (χ2n) is 5.00. The first-order valence-corrected chi connectivity index (χ1v) is 5.94. The number of piperidine rings is 1. The summed E-state index contributed by atoms with van der Waals surface area (Å²) in [7, 11) is 0. The summed E-state index contributed by atoms with van der Waals surface area (Å²) < 4.78 is 0. The Morgan fingerprint density at radius 1 is 1.33 bits per heavy atom. The first kappa shape index (κ1) is 12.7. The predicted octanol–water partition coefficient (Wildman–Crippen LogP) is 1.59. The summed E-state index contributed by atoms with van der Waals surface area (Å²) in [4.78, 5) is 13.1. The van der Waals surface area contributed by atoms with Gasteiger partial charge in [0.2, 0.25) is 0 Å². The van der Waals surface area contributed by atoms with Gasteiger partial charge in [0, 0.05) is 19.5 Å². The number of carbonyl (C=O) groups is 1. The number of hydrogen-bond acceptors (Lipinski definition) is 3. The third kappa shape index (κ3) is 5.28. The predicted molar refractivity (Wildman–Crippen MR) is 60.8 cm³/mol. The minimum atomic E-state index is -0.449. The molecule has 88 valence electrons. The Morgan fingerprint density at radius 3 is 2.47 bits per heavy atom. The Kier molecular flexibility index (Phi) is 4.74. The highest BCUT2D eigenvalue weighted by atomic mass is 16.3. The fourth-order valence-electron chi connectivity index (χ4n) is 1.97. The molecule has 1 rings (SSSR count). The molecule has 1 aliphatic heterocycles. The van der Waals surface area contributed by atoms with Gasteiger partial charge in [0.25, 0.3) is 0 Å². The molecule has 0 aromatic rings. The van der Waals surface area contributed by atoms with Crippen LogP contribution in [0.25, 0.3) is 0 Å². The molecular formula is C12H23NO2. The molecule has 0 spiro atoms. The average molecular weight is 213 g/mol. The molecule has 1 heterocycles. The molecule has 0 unspecified atom stereocenters. The molecule has 0 amide bonds. The van der Waals surface area contributed by atoms with Crippen molar-refractivity contribution in [2.24, 2.45) is 0 Å². The van der Waals surface area contributed by atoms with Crippen LogP contribution in [0, 0.1) is 0 Å². The molecule has 15 heavy (non-hydrogen) atoms. The summed E-state index contributed by atoms with van der Waals surface area (Å²) in [5, 5.41) is 9.77. The molecule has 0 aromatic carbocycles. The highest BCUT2D eigenvalue weighted by molar-refractivity contribution is 5.75. The van der Waals surface area contributed by atoms with Crippen molar-refractivity contribution in [3.05, 3.63) is 0 Å². The van der Waals surface area contributed by atoms with Crippen LogP contribution in [0.2, 0.25) is 0 Å². The summed E-state index contributed by atoms with van der Waals surface area (Å²) in [5.41, 5.74) is -0.449. The van der Waals surface area contributed by atoms with E-state index in [1.54, 1.807) is 6.92 Å². The monoisotopic (exact) mass is 213 g/mol. The molecule has 3 heteroatoms. The maximum atomic E-state index is 10.7. The average Bonchev–Trinajstić information content (AvgIpc) is 2.14. The van der Waals surface area contributed by atoms with Crippen molar-refractivity contribution in [1.82, 2.24) is 4.90 Å². The number of aliphatic hydroxyl groups is 1. The smallest absolute Gasteiger partial charge is 0.129 e. The van der Waals surface area contributed by atoms with Gasteiger partial charge in [-0.25, -0.2) is 0 Å². The second kappa shape index (κ2) is 5.61. The fraction of sp³-hybridized carbons (Fsp3) is 0.917. The Labute approximate surface area is 92.5 Å². The molecule has 0 radical (unpaired) electrons. The fourth-order valence-corrected chi connectivity index (χ4v) is 1.97. The van der Waals surface area contributed by atoms with E-state index in [2.05, 4.69) is 4.90 Å². The van der Waals surface area contributed by atoms with Gasteiger partial charge >= 0.3 is 0 Å². The lowest BCUT2D eigenvalue weighted by atomic mass is 9.94. The molecule has 3 nitrogen and oxygen atoms in total. The molecule has 0 saturated carbocycles. The first-order chi connectivity index (χ1) is 6.99. The van der Waals surface area contributed by atoms with E-state index in [1.807, 2.05) is 6.92 Å². The van der Waals surface area contributed by atoms with Crippen LogP contribution in [0.5, 0.6) is 0 Å². The number of hydrogen-bond donors (Lipinski definition) is 1. The summed E-state index contributed by atoms with van der Waals surface area (Å²) in [6.45, 7) is 6.63. The standard InChI is InChI=1S/C12H23NO2/c1-11(14)5-3-4-8-13-9-6-12(2,15)7-10-13/h15H,3-10H2,1-2H3. The lowest BCUT2D eigenvalue weighted by Gasteiger charge is -2.35. The minimum absolute atomic E-state index is 0.288. The zero-order chi connectivity index (χ0) is 11.3. The van der Waals surface area contributed by atoms with Crippen molar-refractivity contribution < 1.29 is 9.90 Å². The molecule has 1 saturated heterocycles. The van der Waals surface area contributed by atoms with Gasteiger partial charge in [-0.1, -0.05) is 0 Å². The van der Waals surface area contributed by atoms with Crippen molar-refractivity contribution >= 4 is 5.78 Å². The van der Waals surface area contributed by atoms with Crippen LogP contribution >= 0.6 is 0 Å². The summed E-state index contributed by atoms with van der Waals surface area (Å²) in [5.74, 6) is 0.288. The van der Waals surface area contributed by atoms with Crippen LogP contribution in [0.1, 0.15) is 46.0 Å². The lowest BCUT2D eigenvalue weighted by Crippen LogP contribution is -2.42. The van der Waals surface area contributed by atoms with E-state index in [1.165, 1.54) is 0 Å². The van der Waals surface area contributed by atoms with Gasteiger partial charge in [0.15, 0.2) is 0 Å². The number of likely N-dealkylation sites (tertiary alicyclic amines) is 1. The maximum absolute atomic E-state index is 10.7. The molecule has 0 atom stereocenters. The van der Waals surface area contributed by atoms with Gasteiger partial charge in [-0.3, -0.25) is 0 Å². The number of unbranched alkanes of at least 4 members (excludes halogenated alkanes) is 1. The molecule has 1 fully saturated rings. The van der Waals surface area contributed by atoms with Crippen LogP contribution < -0.4 is 0 Å². The van der Waals surface area contributed by atoms with E-state index >= 15 is 0 Å². The molecule has 0 bridgehead atoms. The molecular weight excluding hydrogens is 190 g/mol. The number of rotatable bonds is 5. The van der Waals surface area contributed by atoms with Crippen LogP contribution in [-0.2, 0) is 4.79 Å². The van der Waals surface area contributed by atoms with Crippen LogP contribution in [0.15, 0.2) is 0 Å². The van der Waals surface area contributed by atoms with Gasteiger partial charge in [-0.05, 0) is 46.1 Å². The summed E-state index contributed by atoms with van der Waals surface area (Å²) in [6.07, 6.45) is 4.56. The van der Waals surface area contributed by atoms with E-state index in [0.29, 0.717) is 6.42 Å². The normalized spacial score (nSPS) is 21.5. The highest BCUT2D eigenvalue weighted by Crippen LogP contribution is 2.21. The van der Waals surface area contributed by atoms with E-state index in [4.69, 9.17) is 0 Å². The van der Waals surface area contributed by atoms with Crippen molar-refractivity contribution in [3.8, 4) is 0 Å². The van der Waals surface area contributed by atoms with E-state index in [0.717, 1.165) is 45.3 Å². The molecule has 0 aromatic heterocycles. The largest absolute Gasteiger partial charge is 0.390 e. The van der Waals surface area contributed by atoms with Crippen molar-refractivity contribution in [2.45, 2.75) is 51.6 Å². The van der Waals surface area contributed by atoms with Crippen molar-refractivity contribution in [3.63, 3.8) is 0 Å². The molecule has 1 aliphatic rings. The number of ketones is 1. The SMILES string of the molecule is CC(=O)CCCCN1CCC(C)(O)CC1. The Morgan fingerprint density at radius 2 is 1.93 bits per heavy atom. The molecule has 0 aliphatic carbocycles. The Balaban J connectivity index is 2.06. The van der Waals surface area contributed by atoms with Gasteiger partial charge in [-0.15, -0.1) is 0 Å². The number of Topliss-reactive ketones (excluding diaryl/α,β-unsaturated/α-hetero) is 1. The van der Waals surface area contributed by atoms with Gasteiger partial charge in [-0.2, -0.15) is 0 Å². The van der Waals surface area contributed by atoms with Crippen LogP contribution in [0.4, 0.5) is 0 Å². The Bertz CT molecular complexity index is 204. The number of nitrogens with zero attached hydrogens (tertiary/aromatic N) is 1. The van der Waals surface area contributed by atoms with Gasteiger partial charge in [0.05, 0.1) is 5.60 Å². The van der Waals surface area contributed by atoms with Crippen molar-refractivity contribution in [2.75, 3.05) is 19.6 Å². The van der Waals surface area contributed by atoms with Crippen LogP contribution in [0.3, 0.4) is 0 Å². The third-order valence-corrected chi connectivity index (χ3v) is 3.19. The van der Waals surface area contributed by atoms with Gasteiger partial charge in [0.1, 0.15) is 5.78 Å². The van der Waals surface area contributed by atoms with E-state index in [9.17, 15) is 9.90 Å². The highest BCUT2D eigenvalue weighted by Gasteiger charge is 2.26. The zero-order valence-corrected chi connectivity index (χ0v) is 9.96. The second-order valence-corrected chi connectivity index (χ2v) is 5.00. The van der Waals surface area contributed by atoms with E-state index in [-0.39, 0.29) is 5.78 Å². The van der Waals surface area contributed by atoms with E-state index < -0.39 is 5.60 Å². The lowest BCUT2D eigenvalue weighted by molar-refractivity contribution is -0.117. The summed E-state index contributed by atoms with van der Waals surface area (Å²) in [6, 6.07) is 0. The van der Waals surface area contributed by atoms with Gasteiger partial charge < -0.3 is 14.8 Å². The van der Waals surface area contributed by atoms with Crippen molar-refractivity contribution in [1.29, 1.82) is 0 Å².